The van der Waals surface area contributed by atoms with Crippen LogP contribution < -0.4 is 15.2 Å². The topological polar surface area (TPSA) is 87.6 Å². The monoisotopic (exact) mass is 288 g/mol. The Morgan fingerprint density at radius 2 is 1.76 bits per heavy atom. The van der Waals surface area contributed by atoms with Gasteiger partial charge in [-0.3, -0.25) is 10.1 Å². The van der Waals surface area contributed by atoms with E-state index in [0.29, 0.717) is 17.2 Å². The summed E-state index contributed by atoms with van der Waals surface area (Å²) >= 11 is 0. The third-order valence-corrected chi connectivity index (χ3v) is 2.98. The molecule has 0 aliphatic rings. The predicted octanol–water partition coefficient (Wildman–Crippen LogP) is 3.42. The lowest BCUT2D eigenvalue weighted by Gasteiger charge is -2.17. The number of hydrogen-bond donors (Lipinski definition) is 1. The van der Waals surface area contributed by atoms with Crippen LogP contribution in [-0.2, 0) is 0 Å². The van der Waals surface area contributed by atoms with Gasteiger partial charge in [0.2, 0.25) is 0 Å². The second-order valence-electron chi connectivity index (χ2n) is 4.51. The van der Waals surface area contributed by atoms with Gasteiger partial charge in [-0.25, -0.2) is 0 Å². The van der Waals surface area contributed by atoms with Crippen LogP contribution in [0, 0.1) is 10.1 Å². The Hall–Kier alpha value is -2.60. The molecule has 6 heteroatoms. The van der Waals surface area contributed by atoms with Crippen LogP contribution in [0.4, 0.5) is 5.69 Å². The standard InChI is InChI=1S/C15H16N2O4/c1-10(16)15-13(20-2)4-3-5-14(15)21-12-8-6-11(7-9-12)17(18)19/h3-10H,16H2,1-2H3/t10-/m1/s1. The van der Waals surface area contributed by atoms with E-state index in [1.807, 2.05) is 6.92 Å². The van der Waals surface area contributed by atoms with Crippen LogP contribution in [0.15, 0.2) is 42.5 Å². The number of nitrogens with zero attached hydrogens (tertiary/aromatic N) is 1. The van der Waals surface area contributed by atoms with Crippen molar-refractivity contribution in [2.75, 3.05) is 7.11 Å². The second-order valence-corrected chi connectivity index (χ2v) is 4.51. The smallest absolute Gasteiger partial charge is 0.269 e. The highest BCUT2D eigenvalue weighted by Crippen LogP contribution is 2.35. The van der Waals surface area contributed by atoms with E-state index in [-0.39, 0.29) is 11.7 Å². The van der Waals surface area contributed by atoms with E-state index in [1.165, 1.54) is 12.1 Å². The first-order valence-corrected chi connectivity index (χ1v) is 6.37. The Kier molecular flexibility index (Phi) is 4.39. The van der Waals surface area contributed by atoms with E-state index in [1.54, 1.807) is 37.4 Å². The highest BCUT2D eigenvalue weighted by Gasteiger charge is 2.15. The minimum Gasteiger partial charge on any atom is -0.496 e. The van der Waals surface area contributed by atoms with E-state index in [2.05, 4.69) is 0 Å². The molecule has 2 rings (SSSR count). The molecule has 0 amide bonds. The zero-order chi connectivity index (χ0) is 15.4. The van der Waals surface area contributed by atoms with Gasteiger partial charge in [0.1, 0.15) is 17.2 Å². The lowest BCUT2D eigenvalue weighted by atomic mass is 10.1. The minimum absolute atomic E-state index is 0.0143. The highest BCUT2D eigenvalue weighted by molar-refractivity contribution is 5.49. The molecule has 2 N–H and O–H groups in total. The molecular formula is C15H16N2O4. The molecule has 0 aliphatic carbocycles. The number of nitrogens with two attached hydrogens (primary N) is 1. The fourth-order valence-electron chi connectivity index (χ4n) is 2.00. The maximum atomic E-state index is 10.6. The average molecular weight is 288 g/mol. The number of methoxy groups -OCH3 is 1. The van der Waals surface area contributed by atoms with Crippen LogP contribution in [0.2, 0.25) is 0 Å². The lowest BCUT2D eigenvalue weighted by Crippen LogP contribution is -2.08. The summed E-state index contributed by atoms with van der Waals surface area (Å²) < 4.78 is 11.1. The lowest BCUT2D eigenvalue weighted by molar-refractivity contribution is -0.384. The molecule has 1 atom stereocenters. The van der Waals surface area contributed by atoms with Gasteiger partial charge in [0.05, 0.1) is 17.6 Å². The molecule has 0 aliphatic heterocycles. The summed E-state index contributed by atoms with van der Waals surface area (Å²) in [5.74, 6) is 1.71. The summed E-state index contributed by atoms with van der Waals surface area (Å²) in [6, 6.07) is 11.0. The Morgan fingerprint density at radius 1 is 1.14 bits per heavy atom. The average Bonchev–Trinajstić information content (AvgIpc) is 2.47. The number of nitro benzene ring substituents is 1. The van der Waals surface area contributed by atoms with E-state index in [9.17, 15) is 10.1 Å². The molecular weight excluding hydrogens is 272 g/mol. The molecule has 0 radical (unpaired) electrons. The van der Waals surface area contributed by atoms with E-state index in [4.69, 9.17) is 15.2 Å². The van der Waals surface area contributed by atoms with Gasteiger partial charge in [-0.05, 0) is 31.2 Å². The van der Waals surface area contributed by atoms with E-state index < -0.39 is 4.92 Å². The molecule has 0 fully saturated rings. The first kappa shape index (κ1) is 14.8. The van der Waals surface area contributed by atoms with Crippen LogP contribution in [0.1, 0.15) is 18.5 Å². The molecule has 0 bridgehead atoms. The Balaban J connectivity index is 2.33. The largest absolute Gasteiger partial charge is 0.496 e. The number of benzene rings is 2. The predicted molar refractivity (Wildman–Crippen MR) is 78.8 cm³/mol. The molecule has 2 aromatic carbocycles. The summed E-state index contributed by atoms with van der Waals surface area (Å²) in [4.78, 5) is 10.2. The van der Waals surface area contributed by atoms with Gasteiger partial charge in [0, 0.05) is 18.2 Å². The van der Waals surface area contributed by atoms with Crippen molar-refractivity contribution in [3.8, 4) is 17.2 Å². The van der Waals surface area contributed by atoms with Crippen LogP contribution in [0.25, 0.3) is 0 Å². The van der Waals surface area contributed by atoms with Crippen LogP contribution in [0.5, 0.6) is 17.2 Å². The Bertz CT molecular complexity index is 639. The number of non-ortho nitro benzene ring substituents is 1. The van der Waals surface area contributed by atoms with E-state index in [0.717, 1.165) is 5.56 Å². The third kappa shape index (κ3) is 3.29. The number of hydrogen-bond acceptors (Lipinski definition) is 5. The molecule has 0 unspecified atom stereocenters. The van der Waals surface area contributed by atoms with Crippen molar-refractivity contribution in [2.45, 2.75) is 13.0 Å². The summed E-state index contributed by atoms with van der Waals surface area (Å²) in [5.41, 5.74) is 6.72. The van der Waals surface area contributed by atoms with Crippen molar-refractivity contribution in [1.82, 2.24) is 0 Å². The fourth-order valence-corrected chi connectivity index (χ4v) is 2.00. The van der Waals surface area contributed by atoms with E-state index >= 15 is 0 Å². The van der Waals surface area contributed by atoms with Crippen molar-refractivity contribution in [1.29, 1.82) is 0 Å². The van der Waals surface area contributed by atoms with Crippen LogP contribution in [0.3, 0.4) is 0 Å². The summed E-state index contributed by atoms with van der Waals surface area (Å²) in [6.07, 6.45) is 0. The maximum Gasteiger partial charge on any atom is 0.269 e. The van der Waals surface area contributed by atoms with Gasteiger partial charge in [0.15, 0.2) is 0 Å². The molecule has 0 heterocycles. The van der Waals surface area contributed by atoms with Crippen molar-refractivity contribution in [3.05, 3.63) is 58.1 Å². The van der Waals surface area contributed by atoms with Crippen molar-refractivity contribution in [3.63, 3.8) is 0 Å². The van der Waals surface area contributed by atoms with Crippen LogP contribution in [-0.4, -0.2) is 12.0 Å². The van der Waals surface area contributed by atoms with Gasteiger partial charge >= 0.3 is 0 Å². The number of rotatable bonds is 5. The summed E-state index contributed by atoms with van der Waals surface area (Å²) in [5, 5.41) is 10.6. The summed E-state index contributed by atoms with van der Waals surface area (Å²) in [6.45, 7) is 1.83. The number of ether oxygens (including phenoxy) is 2. The van der Waals surface area contributed by atoms with Gasteiger partial charge in [-0.15, -0.1) is 0 Å². The maximum absolute atomic E-state index is 10.6. The molecule has 6 nitrogen and oxygen atoms in total. The first-order chi connectivity index (χ1) is 10.0. The van der Waals surface area contributed by atoms with Gasteiger partial charge in [-0.1, -0.05) is 6.07 Å². The van der Waals surface area contributed by atoms with Gasteiger partial charge in [-0.2, -0.15) is 0 Å². The Labute approximate surface area is 122 Å². The quantitative estimate of drug-likeness (QED) is 0.672. The highest BCUT2D eigenvalue weighted by atomic mass is 16.6. The molecule has 0 spiro atoms. The molecule has 0 saturated carbocycles. The van der Waals surface area contributed by atoms with Crippen molar-refractivity contribution in [2.24, 2.45) is 5.73 Å². The SMILES string of the molecule is COc1cccc(Oc2ccc([N+](=O)[O-])cc2)c1[C@@H](C)N. The number of nitro groups is 1. The zero-order valence-corrected chi connectivity index (χ0v) is 11.8. The third-order valence-electron chi connectivity index (χ3n) is 2.98. The summed E-state index contributed by atoms with van der Waals surface area (Å²) in [7, 11) is 1.57. The normalized spacial score (nSPS) is 11.8. The van der Waals surface area contributed by atoms with Crippen molar-refractivity contribution >= 4 is 5.69 Å². The first-order valence-electron chi connectivity index (χ1n) is 6.37. The fraction of sp³-hybridized carbons (Fsp3) is 0.200. The minimum atomic E-state index is -0.456. The molecule has 0 aromatic heterocycles. The van der Waals surface area contributed by atoms with Gasteiger partial charge < -0.3 is 15.2 Å². The molecule has 21 heavy (non-hydrogen) atoms. The Morgan fingerprint density at radius 3 is 2.29 bits per heavy atom. The molecule has 0 saturated heterocycles. The molecule has 2 aromatic rings. The van der Waals surface area contributed by atoms with Crippen molar-refractivity contribution < 1.29 is 14.4 Å². The second kappa shape index (κ2) is 6.23. The molecule has 110 valence electrons. The zero-order valence-electron chi connectivity index (χ0n) is 11.8. The van der Waals surface area contributed by atoms with Gasteiger partial charge in [0.25, 0.3) is 5.69 Å². The van der Waals surface area contributed by atoms with Crippen LogP contribution >= 0.6 is 0 Å².